The molecule has 19 heavy (non-hydrogen) atoms. The number of hydrogen-bond acceptors (Lipinski definition) is 5. The molecule has 0 aromatic carbocycles. The molecule has 1 amide bonds. The summed E-state index contributed by atoms with van der Waals surface area (Å²) in [7, 11) is 0. The van der Waals surface area contributed by atoms with Gasteiger partial charge in [0.2, 0.25) is 11.8 Å². The zero-order chi connectivity index (χ0) is 14.4. The van der Waals surface area contributed by atoms with Crippen LogP contribution in [0, 0.1) is 6.92 Å². The van der Waals surface area contributed by atoms with Gasteiger partial charge >= 0.3 is 0 Å². The van der Waals surface area contributed by atoms with Crippen LogP contribution in [-0.4, -0.2) is 38.8 Å². The van der Waals surface area contributed by atoms with Crippen molar-refractivity contribution in [3.63, 3.8) is 0 Å². The van der Waals surface area contributed by atoms with E-state index in [0.29, 0.717) is 17.4 Å². The maximum atomic E-state index is 11.1. The third-order valence-corrected chi connectivity index (χ3v) is 2.26. The average Bonchev–Trinajstić information content (AvgIpc) is 2.80. The van der Waals surface area contributed by atoms with E-state index < -0.39 is 5.91 Å². The molecule has 2 aromatic heterocycles. The van der Waals surface area contributed by atoms with Crippen LogP contribution in [0.1, 0.15) is 30.0 Å². The summed E-state index contributed by atoms with van der Waals surface area (Å²) in [5.41, 5.74) is 5.98. The van der Waals surface area contributed by atoms with Crippen molar-refractivity contribution in [2.45, 2.75) is 20.8 Å². The molecular formula is C12H18N4O3. The van der Waals surface area contributed by atoms with Crippen LogP contribution in [0.3, 0.4) is 0 Å². The third-order valence-electron chi connectivity index (χ3n) is 2.26. The molecule has 0 bridgehead atoms. The number of aryl methyl sites for hydroxylation is 1. The number of carbonyl (C=O) groups excluding carboxylic acids is 1. The van der Waals surface area contributed by atoms with Gasteiger partial charge in [-0.25, -0.2) is 4.40 Å². The standard InChI is InChI=1S/C10H12N4O3.C2H6/c1-6-12-13-8-4-7(10(11)16)5-9(14(6)8)17-3-2-15;1-2/h4-5,15H,2-3H2,1H3,(H2,11,16);1-2H3. The molecule has 104 valence electrons. The zero-order valence-electron chi connectivity index (χ0n) is 11.3. The first-order chi connectivity index (χ1) is 9.13. The van der Waals surface area contributed by atoms with Gasteiger partial charge in [0.25, 0.3) is 0 Å². The minimum atomic E-state index is -0.568. The van der Waals surface area contributed by atoms with Gasteiger partial charge in [-0.1, -0.05) is 13.8 Å². The Balaban J connectivity index is 0.000000861. The number of aliphatic hydroxyl groups excluding tert-OH is 1. The van der Waals surface area contributed by atoms with Crippen molar-refractivity contribution in [1.29, 1.82) is 0 Å². The molecule has 0 aliphatic heterocycles. The molecule has 0 atom stereocenters. The van der Waals surface area contributed by atoms with Gasteiger partial charge in [0, 0.05) is 11.6 Å². The van der Waals surface area contributed by atoms with Crippen molar-refractivity contribution in [2.75, 3.05) is 13.2 Å². The normalized spacial score (nSPS) is 9.89. The minimum absolute atomic E-state index is 0.120. The van der Waals surface area contributed by atoms with Crippen molar-refractivity contribution in [3.05, 3.63) is 23.5 Å². The van der Waals surface area contributed by atoms with Gasteiger partial charge in [0.15, 0.2) is 5.65 Å². The van der Waals surface area contributed by atoms with E-state index in [1.807, 2.05) is 13.8 Å². The van der Waals surface area contributed by atoms with Gasteiger partial charge in [0.1, 0.15) is 12.4 Å². The van der Waals surface area contributed by atoms with Crippen LogP contribution in [0.5, 0.6) is 5.88 Å². The number of carbonyl (C=O) groups is 1. The molecule has 3 N–H and O–H groups in total. The molecule has 0 fully saturated rings. The van der Waals surface area contributed by atoms with Gasteiger partial charge < -0.3 is 15.6 Å². The number of rotatable bonds is 4. The summed E-state index contributed by atoms with van der Waals surface area (Å²) < 4.78 is 6.96. The quantitative estimate of drug-likeness (QED) is 0.840. The first kappa shape index (κ1) is 14.9. The summed E-state index contributed by atoms with van der Waals surface area (Å²) in [6.45, 7) is 5.76. The Morgan fingerprint density at radius 3 is 2.68 bits per heavy atom. The van der Waals surface area contributed by atoms with Gasteiger partial charge in [-0.2, -0.15) is 0 Å². The number of aliphatic hydroxyl groups is 1. The summed E-state index contributed by atoms with van der Waals surface area (Å²) in [6.07, 6.45) is 0. The summed E-state index contributed by atoms with van der Waals surface area (Å²) in [5.74, 6) is 0.443. The Hall–Kier alpha value is -2.15. The molecule has 0 saturated carbocycles. The fraction of sp³-hybridized carbons (Fsp3) is 0.417. The van der Waals surface area contributed by atoms with Crippen LogP contribution in [0.25, 0.3) is 5.65 Å². The van der Waals surface area contributed by atoms with Crippen LogP contribution < -0.4 is 10.5 Å². The topological polar surface area (TPSA) is 103 Å². The Labute approximate surface area is 111 Å². The van der Waals surface area contributed by atoms with E-state index in [1.165, 1.54) is 12.1 Å². The minimum Gasteiger partial charge on any atom is -0.476 e. The van der Waals surface area contributed by atoms with Crippen LogP contribution in [0.2, 0.25) is 0 Å². The molecule has 0 aliphatic carbocycles. The number of nitrogens with two attached hydrogens (primary N) is 1. The molecule has 2 rings (SSSR count). The highest BCUT2D eigenvalue weighted by atomic mass is 16.5. The van der Waals surface area contributed by atoms with Crippen molar-refractivity contribution in [3.8, 4) is 5.88 Å². The Morgan fingerprint density at radius 2 is 2.11 bits per heavy atom. The van der Waals surface area contributed by atoms with E-state index >= 15 is 0 Å². The Morgan fingerprint density at radius 1 is 1.42 bits per heavy atom. The molecule has 7 nitrogen and oxygen atoms in total. The van der Waals surface area contributed by atoms with Crippen LogP contribution in [0.15, 0.2) is 12.1 Å². The fourth-order valence-electron chi connectivity index (χ4n) is 1.52. The maximum absolute atomic E-state index is 11.1. The predicted octanol–water partition coefficient (Wildman–Crippen LogP) is 0.534. The highest BCUT2D eigenvalue weighted by Gasteiger charge is 2.12. The van der Waals surface area contributed by atoms with Crippen LogP contribution in [-0.2, 0) is 0 Å². The SMILES string of the molecule is CC.Cc1nnc2cc(C(N)=O)cc(OCCO)n12. The lowest BCUT2D eigenvalue weighted by Crippen LogP contribution is -2.13. The third kappa shape index (κ3) is 3.19. The molecule has 2 heterocycles. The van der Waals surface area contributed by atoms with E-state index in [-0.39, 0.29) is 18.8 Å². The van der Waals surface area contributed by atoms with Gasteiger partial charge in [-0.15, -0.1) is 10.2 Å². The van der Waals surface area contributed by atoms with Gasteiger partial charge in [-0.05, 0) is 13.0 Å². The van der Waals surface area contributed by atoms with Gasteiger partial charge in [0.05, 0.1) is 6.61 Å². The smallest absolute Gasteiger partial charge is 0.249 e. The molecule has 7 heteroatoms. The van der Waals surface area contributed by atoms with E-state index in [1.54, 1.807) is 11.3 Å². The summed E-state index contributed by atoms with van der Waals surface area (Å²) in [4.78, 5) is 11.1. The fourth-order valence-corrected chi connectivity index (χ4v) is 1.52. The van der Waals surface area contributed by atoms with E-state index in [4.69, 9.17) is 15.6 Å². The highest BCUT2D eigenvalue weighted by molar-refractivity contribution is 5.94. The second-order valence-electron chi connectivity index (χ2n) is 3.46. The van der Waals surface area contributed by atoms with E-state index in [2.05, 4.69) is 10.2 Å². The zero-order valence-corrected chi connectivity index (χ0v) is 11.3. The van der Waals surface area contributed by atoms with Crippen molar-refractivity contribution in [1.82, 2.24) is 14.6 Å². The lowest BCUT2D eigenvalue weighted by Gasteiger charge is -2.08. The van der Waals surface area contributed by atoms with Crippen LogP contribution in [0.4, 0.5) is 0 Å². The van der Waals surface area contributed by atoms with Crippen LogP contribution >= 0.6 is 0 Å². The number of fused-ring (bicyclic) bond motifs is 1. The molecule has 0 unspecified atom stereocenters. The number of hydrogen-bond donors (Lipinski definition) is 2. The number of ether oxygens (including phenoxy) is 1. The lowest BCUT2D eigenvalue weighted by atomic mass is 10.2. The second kappa shape index (κ2) is 6.69. The first-order valence-electron chi connectivity index (χ1n) is 6.02. The highest BCUT2D eigenvalue weighted by Crippen LogP contribution is 2.18. The second-order valence-corrected chi connectivity index (χ2v) is 3.46. The van der Waals surface area contributed by atoms with Crippen molar-refractivity contribution in [2.24, 2.45) is 5.73 Å². The molecule has 0 spiro atoms. The molecule has 0 saturated heterocycles. The average molecular weight is 266 g/mol. The molecule has 0 radical (unpaired) electrons. The summed E-state index contributed by atoms with van der Waals surface area (Å²) in [6, 6.07) is 3.04. The van der Waals surface area contributed by atoms with E-state index in [0.717, 1.165) is 0 Å². The first-order valence-corrected chi connectivity index (χ1v) is 6.02. The van der Waals surface area contributed by atoms with Crippen molar-refractivity contribution >= 4 is 11.6 Å². The van der Waals surface area contributed by atoms with E-state index in [9.17, 15) is 4.79 Å². The summed E-state index contributed by atoms with van der Waals surface area (Å²) >= 11 is 0. The largest absolute Gasteiger partial charge is 0.476 e. The number of pyridine rings is 1. The monoisotopic (exact) mass is 266 g/mol. The predicted molar refractivity (Wildman–Crippen MR) is 70.2 cm³/mol. The Kier molecular flexibility index (Phi) is 5.25. The Bertz CT molecular complexity index is 565. The molecular weight excluding hydrogens is 248 g/mol. The number of nitrogens with zero attached hydrogens (tertiary/aromatic N) is 3. The van der Waals surface area contributed by atoms with Crippen molar-refractivity contribution < 1.29 is 14.6 Å². The summed E-state index contributed by atoms with van der Waals surface area (Å²) in [5, 5.41) is 16.5. The number of primary amides is 1. The molecule has 0 aliphatic rings. The molecule has 2 aromatic rings. The van der Waals surface area contributed by atoms with Gasteiger partial charge in [-0.3, -0.25) is 4.79 Å². The number of amides is 1. The lowest BCUT2D eigenvalue weighted by molar-refractivity contribution is 0.0999. The number of aromatic nitrogens is 3. The maximum Gasteiger partial charge on any atom is 0.249 e.